The van der Waals surface area contributed by atoms with Crippen LogP contribution < -0.4 is 10.9 Å². The van der Waals surface area contributed by atoms with E-state index in [4.69, 9.17) is 18.9 Å². The number of nitrogens with zero attached hydrogens (tertiary/aromatic N) is 3. The van der Waals surface area contributed by atoms with Crippen LogP contribution in [0.2, 0.25) is 0 Å². The molecule has 1 aliphatic rings. The van der Waals surface area contributed by atoms with Crippen molar-refractivity contribution in [2.75, 3.05) is 11.9 Å². The number of unbranched alkanes of at least 4 members (excludes halogenated alkanes) is 5. The van der Waals surface area contributed by atoms with Gasteiger partial charge in [-0.15, -0.1) is 0 Å². The van der Waals surface area contributed by atoms with Gasteiger partial charge in [0.1, 0.15) is 12.7 Å². The monoisotopic (exact) mass is 549 g/mol. The zero-order chi connectivity index (χ0) is 28.5. The van der Waals surface area contributed by atoms with Crippen molar-refractivity contribution in [3.8, 4) is 0 Å². The fraction of sp³-hybridized carbons (Fsp3) is 0.640. The topological polar surface area (TPSA) is 181 Å². The second kappa shape index (κ2) is 13.8. The molecule has 3 rings (SSSR count). The fourth-order valence-electron chi connectivity index (χ4n) is 4.35. The Morgan fingerprint density at radius 2 is 1.67 bits per heavy atom. The summed E-state index contributed by atoms with van der Waals surface area (Å²) in [7, 11) is 0. The smallest absolute Gasteiger partial charge is 0.303 e. The molecular formula is C25H35N5O9. The number of carbonyl (C=O) groups is 4. The van der Waals surface area contributed by atoms with Crippen molar-refractivity contribution in [3.63, 3.8) is 0 Å². The van der Waals surface area contributed by atoms with Crippen LogP contribution >= 0.6 is 0 Å². The van der Waals surface area contributed by atoms with Crippen molar-refractivity contribution in [3.05, 3.63) is 16.7 Å². The number of fused-ring (bicyclic) bond motifs is 1. The van der Waals surface area contributed by atoms with Crippen molar-refractivity contribution in [2.45, 2.75) is 97.2 Å². The highest BCUT2D eigenvalue weighted by Gasteiger charge is 2.51. The average Bonchev–Trinajstić information content (AvgIpc) is 3.41. The zero-order valence-electron chi connectivity index (χ0n) is 22.6. The van der Waals surface area contributed by atoms with Gasteiger partial charge in [-0.05, 0) is 6.42 Å². The van der Waals surface area contributed by atoms with Crippen LogP contribution in [0.4, 0.5) is 5.95 Å². The third-order valence-corrected chi connectivity index (χ3v) is 6.06. The van der Waals surface area contributed by atoms with Gasteiger partial charge >= 0.3 is 17.9 Å². The summed E-state index contributed by atoms with van der Waals surface area (Å²) in [4.78, 5) is 71.2. The Kier molecular flexibility index (Phi) is 10.5. The molecule has 2 aromatic heterocycles. The lowest BCUT2D eigenvalue weighted by Crippen LogP contribution is -2.40. The first-order valence-electron chi connectivity index (χ1n) is 13.0. The molecule has 1 fully saturated rings. The van der Waals surface area contributed by atoms with Crippen LogP contribution in [-0.2, 0) is 38.1 Å². The number of rotatable bonds is 13. The van der Waals surface area contributed by atoms with Crippen LogP contribution in [0.5, 0.6) is 0 Å². The summed E-state index contributed by atoms with van der Waals surface area (Å²) in [5.41, 5.74) is -0.629. The number of hydrogen-bond donors (Lipinski definition) is 2. The molecule has 0 aromatic carbocycles. The molecule has 39 heavy (non-hydrogen) atoms. The third-order valence-electron chi connectivity index (χ3n) is 6.06. The van der Waals surface area contributed by atoms with Crippen LogP contribution in [0, 0.1) is 0 Å². The summed E-state index contributed by atoms with van der Waals surface area (Å²) in [6.45, 7) is 5.40. The lowest BCUT2D eigenvalue weighted by molar-refractivity contribution is -0.166. The maximum atomic E-state index is 12.7. The normalized spacial score (nSPS) is 20.5. The summed E-state index contributed by atoms with van der Waals surface area (Å²) >= 11 is 0. The Bertz CT molecular complexity index is 1240. The number of imidazole rings is 1. The molecule has 0 aliphatic carbocycles. The highest BCUT2D eigenvalue weighted by Crippen LogP contribution is 2.35. The number of H-pyrrole nitrogens is 1. The molecule has 2 N–H and O–H groups in total. The van der Waals surface area contributed by atoms with E-state index < -0.39 is 48.0 Å². The molecule has 1 saturated heterocycles. The van der Waals surface area contributed by atoms with E-state index >= 15 is 0 Å². The first-order valence-corrected chi connectivity index (χ1v) is 13.0. The molecule has 0 saturated carbocycles. The van der Waals surface area contributed by atoms with Crippen LogP contribution in [0.25, 0.3) is 11.2 Å². The van der Waals surface area contributed by atoms with Crippen LogP contribution in [0.15, 0.2) is 11.1 Å². The number of aromatic amines is 1. The first kappa shape index (κ1) is 29.7. The standard InChI is InChI=1S/C25H35N5O9/c1-5-6-7-8-9-10-11-18(34)27-25-28-22-19(23(35)29-25)26-13-30(22)24-21(38-16(4)33)20(37-15(3)32)17(39-24)12-36-14(2)31/h13,17,20-21,24H,5-12H2,1-4H3,(H2,27,28,29,34,35)/t17-,20+,21+,24+/m0/s1. The predicted molar refractivity (Wildman–Crippen MR) is 136 cm³/mol. The molecule has 2 aromatic rings. The SMILES string of the molecule is CCCCCCCCC(=O)Nc1nc2c(ncn2[C@@H]2O[C@@H](COC(C)=O)[C@@H](OC(C)=O)[C@H]2OC(C)=O)c(=O)[nH]1. The predicted octanol–water partition coefficient (Wildman–Crippen LogP) is 2.13. The van der Waals surface area contributed by atoms with E-state index in [2.05, 4.69) is 27.2 Å². The maximum absolute atomic E-state index is 12.7. The summed E-state index contributed by atoms with van der Waals surface area (Å²) in [5.74, 6) is -2.33. The zero-order valence-corrected chi connectivity index (χ0v) is 22.6. The van der Waals surface area contributed by atoms with E-state index in [0.717, 1.165) is 25.7 Å². The highest BCUT2D eigenvalue weighted by molar-refractivity contribution is 5.89. The van der Waals surface area contributed by atoms with Crippen molar-refractivity contribution in [1.82, 2.24) is 19.5 Å². The van der Waals surface area contributed by atoms with E-state index in [0.29, 0.717) is 6.42 Å². The Morgan fingerprint density at radius 3 is 2.33 bits per heavy atom. The van der Waals surface area contributed by atoms with Gasteiger partial charge in [0, 0.05) is 27.2 Å². The first-order chi connectivity index (χ1) is 18.6. The summed E-state index contributed by atoms with van der Waals surface area (Å²) in [6, 6.07) is 0. The summed E-state index contributed by atoms with van der Waals surface area (Å²) in [6.07, 6.45) is 3.20. The van der Waals surface area contributed by atoms with Crippen molar-refractivity contribution >= 4 is 40.9 Å². The Morgan fingerprint density at radius 1 is 1.00 bits per heavy atom. The lowest BCUT2D eigenvalue weighted by Gasteiger charge is -2.23. The fourth-order valence-corrected chi connectivity index (χ4v) is 4.35. The van der Waals surface area contributed by atoms with E-state index in [1.54, 1.807) is 0 Å². The minimum absolute atomic E-state index is 0.0329. The van der Waals surface area contributed by atoms with Gasteiger partial charge in [-0.3, -0.25) is 38.8 Å². The number of aromatic nitrogens is 4. The highest BCUT2D eigenvalue weighted by atomic mass is 16.7. The molecule has 0 bridgehead atoms. The average molecular weight is 550 g/mol. The molecule has 0 radical (unpaired) electrons. The number of esters is 3. The number of carbonyl (C=O) groups excluding carboxylic acids is 4. The van der Waals surface area contributed by atoms with Crippen molar-refractivity contribution in [2.24, 2.45) is 0 Å². The third kappa shape index (κ3) is 8.09. The van der Waals surface area contributed by atoms with Gasteiger partial charge in [0.05, 0.1) is 6.33 Å². The molecule has 4 atom stereocenters. The van der Waals surface area contributed by atoms with Crippen LogP contribution in [-0.4, -0.2) is 68.3 Å². The Labute approximate surface area is 224 Å². The molecule has 0 spiro atoms. The van der Waals surface area contributed by atoms with Gasteiger partial charge < -0.3 is 18.9 Å². The van der Waals surface area contributed by atoms with Gasteiger partial charge in [0.25, 0.3) is 5.56 Å². The van der Waals surface area contributed by atoms with Gasteiger partial charge in [0.15, 0.2) is 29.6 Å². The van der Waals surface area contributed by atoms with Crippen molar-refractivity contribution < 1.29 is 38.1 Å². The second-order valence-electron chi connectivity index (χ2n) is 9.32. The quantitative estimate of drug-likeness (QED) is 0.212. The molecular weight excluding hydrogens is 514 g/mol. The van der Waals surface area contributed by atoms with Gasteiger partial charge in [-0.25, -0.2) is 4.98 Å². The Balaban J connectivity index is 1.86. The van der Waals surface area contributed by atoms with E-state index in [1.807, 2.05) is 0 Å². The van der Waals surface area contributed by atoms with Gasteiger partial charge in [-0.2, -0.15) is 4.98 Å². The number of anilines is 1. The molecule has 0 unspecified atom stereocenters. The van der Waals surface area contributed by atoms with E-state index in [1.165, 1.54) is 38.1 Å². The summed E-state index contributed by atoms with van der Waals surface area (Å²) < 4.78 is 23.2. The maximum Gasteiger partial charge on any atom is 0.303 e. The minimum atomic E-state index is -1.18. The minimum Gasteiger partial charge on any atom is -0.463 e. The van der Waals surface area contributed by atoms with Crippen molar-refractivity contribution in [1.29, 1.82) is 0 Å². The summed E-state index contributed by atoms with van der Waals surface area (Å²) in [5, 5.41) is 2.60. The molecule has 14 heteroatoms. The molecule has 1 amide bonds. The molecule has 214 valence electrons. The van der Waals surface area contributed by atoms with E-state index in [-0.39, 0.29) is 36.0 Å². The molecule has 14 nitrogen and oxygen atoms in total. The Hall–Kier alpha value is -3.81. The number of ether oxygens (including phenoxy) is 4. The van der Waals surface area contributed by atoms with Gasteiger partial charge in [-0.1, -0.05) is 39.0 Å². The van der Waals surface area contributed by atoms with Crippen LogP contribution in [0.3, 0.4) is 0 Å². The molecule has 1 aliphatic heterocycles. The number of nitrogens with one attached hydrogen (secondary N) is 2. The second-order valence-corrected chi connectivity index (χ2v) is 9.32. The van der Waals surface area contributed by atoms with Gasteiger partial charge in [0.2, 0.25) is 11.9 Å². The largest absolute Gasteiger partial charge is 0.463 e. The number of hydrogen-bond acceptors (Lipinski definition) is 11. The molecule has 3 heterocycles. The number of amides is 1. The lowest BCUT2D eigenvalue weighted by atomic mass is 10.1. The van der Waals surface area contributed by atoms with Crippen LogP contribution in [0.1, 0.15) is 78.9 Å². The van der Waals surface area contributed by atoms with E-state index in [9.17, 15) is 24.0 Å².